The van der Waals surface area contributed by atoms with E-state index in [9.17, 15) is 9.59 Å². The number of aromatic nitrogens is 1. The van der Waals surface area contributed by atoms with Crippen LogP contribution in [0.3, 0.4) is 0 Å². The molecular formula is C20H15BrN4O2. The van der Waals surface area contributed by atoms with E-state index in [1.165, 1.54) is 6.21 Å². The fourth-order valence-electron chi connectivity index (χ4n) is 2.25. The number of rotatable bonds is 5. The first-order valence-corrected chi connectivity index (χ1v) is 8.81. The molecule has 7 heteroatoms. The van der Waals surface area contributed by atoms with Crippen LogP contribution in [0.15, 0.2) is 82.6 Å². The van der Waals surface area contributed by atoms with Crippen molar-refractivity contribution in [2.24, 2.45) is 5.10 Å². The van der Waals surface area contributed by atoms with Crippen LogP contribution in [0.4, 0.5) is 5.69 Å². The number of pyridine rings is 1. The lowest BCUT2D eigenvalue weighted by molar-refractivity contribution is 0.0953. The zero-order valence-corrected chi connectivity index (χ0v) is 15.7. The normalized spacial score (nSPS) is 10.6. The largest absolute Gasteiger partial charge is 0.322 e. The van der Waals surface area contributed by atoms with Crippen LogP contribution in [0, 0.1) is 0 Å². The lowest BCUT2D eigenvalue weighted by Crippen LogP contribution is -2.18. The van der Waals surface area contributed by atoms with Gasteiger partial charge < -0.3 is 5.32 Å². The molecule has 0 aliphatic rings. The molecule has 3 aromatic rings. The second-order valence-electron chi connectivity index (χ2n) is 5.53. The summed E-state index contributed by atoms with van der Waals surface area (Å²) < 4.78 is 0.815. The molecule has 0 bridgehead atoms. The van der Waals surface area contributed by atoms with Crippen LogP contribution in [0.25, 0.3) is 0 Å². The molecule has 0 aliphatic heterocycles. The van der Waals surface area contributed by atoms with E-state index < -0.39 is 0 Å². The predicted molar refractivity (Wildman–Crippen MR) is 108 cm³/mol. The number of hydrogen-bond acceptors (Lipinski definition) is 4. The molecule has 3 rings (SSSR count). The van der Waals surface area contributed by atoms with Crippen molar-refractivity contribution in [2.45, 2.75) is 0 Å². The summed E-state index contributed by atoms with van der Waals surface area (Å²) in [6.07, 6.45) is 4.79. The number of anilines is 1. The Kier molecular flexibility index (Phi) is 6.06. The number of benzene rings is 2. The van der Waals surface area contributed by atoms with Crippen LogP contribution >= 0.6 is 15.9 Å². The summed E-state index contributed by atoms with van der Waals surface area (Å²) in [7, 11) is 0. The minimum Gasteiger partial charge on any atom is -0.322 e. The topological polar surface area (TPSA) is 83.4 Å². The quantitative estimate of drug-likeness (QED) is 0.483. The van der Waals surface area contributed by atoms with Crippen LogP contribution < -0.4 is 10.7 Å². The number of halogens is 1. The third kappa shape index (κ3) is 5.32. The summed E-state index contributed by atoms with van der Waals surface area (Å²) in [5.74, 6) is -0.642. The molecule has 0 saturated heterocycles. The van der Waals surface area contributed by atoms with Crippen LogP contribution in [0.1, 0.15) is 26.3 Å². The van der Waals surface area contributed by atoms with Gasteiger partial charge in [-0.15, -0.1) is 0 Å². The van der Waals surface area contributed by atoms with Gasteiger partial charge in [0.05, 0.1) is 6.21 Å². The molecule has 0 aliphatic carbocycles. The molecule has 0 fully saturated rings. The monoisotopic (exact) mass is 422 g/mol. The molecule has 0 atom stereocenters. The number of carbonyl (C=O) groups excluding carboxylic acids is 2. The Morgan fingerprint density at radius 3 is 2.48 bits per heavy atom. The van der Waals surface area contributed by atoms with Gasteiger partial charge in [-0.2, -0.15) is 5.10 Å². The van der Waals surface area contributed by atoms with Gasteiger partial charge in [0.2, 0.25) is 0 Å². The molecule has 2 aromatic carbocycles. The van der Waals surface area contributed by atoms with Gasteiger partial charge in [-0.1, -0.05) is 34.1 Å². The van der Waals surface area contributed by atoms with E-state index in [2.05, 4.69) is 36.8 Å². The Morgan fingerprint density at radius 2 is 1.74 bits per heavy atom. The second-order valence-corrected chi connectivity index (χ2v) is 6.45. The highest BCUT2D eigenvalue weighted by Crippen LogP contribution is 2.15. The summed E-state index contributed by atoms with van der Waals surface area (Å²) in [6, 6.07) is 17.3. The predicted octanol–water partition coefficient (Wildman–Crippen LogP) is 3.86. The van der Waals surface area contributed by atoms with E-state index >= 15 is 0 Å². The van der Waals surface area contributed by atoms with E-state index in [4.69, 9.17) is 0 Å². The minimum absolute atomic E-state index is 0.261. The summed E-state index contributed by atoms with van der Waals surface area (Å²) in [5, 5.41) is 6.68. The van der Waals surface area contributed by atoms with Gasteiger partial charge in [0.25, 0.3) is 11.8 Å². The maximum absolute atomic E-state index is 12.3. The van der Waals surface area contributed by atoms with Crippen LogP contribution in [0.2, 0.25) is 0 Å². The van der Waals surface area contributed by atoms with Crippen molar-refractivity contribution in [3.8, 4) is 0 Å². The first kappa shape index (κ1) is 18.5. The lowest BCUT2D eigenvalue weighted by Gasteiger charge is -2.07. The van der Waals surface area contributed by atoms with Gasteiger partial charge in [0.1, 0.15) is 0 Å². The Balaban J connectivity index is 1.65. The van der Waals surface area contributed by atoms with Crippen molar-refractivity contribution in [1.29, 1.82) is 0 Å². The van der Waals surface area contributed by atoms with Gasteiger partial charge in [0, 0.05) is 39.2 Å². The standard InChI is InChI=1S/C20H15BrN4O2/c21-17-7-1-5-15(10-17)19(26)24-18-8-2-6-16(11-18)20(27)25-23-13-14-4-3-9-22-12-14/h1-13H,(H,24,26)(H,25,27). The third-order valence-electron chi connectivity index (χ3n) is 3.53. The molecule has 1 heterocycles. The summed E-state index contributed by atoms with van der Waals surface area (Å²) in [5.41, 5.74) is 4.63. The second kappa shape index (κ2) is 8.86. The Morgan fingerprint density at radius 1 is 0.963 bits per heavy atom. The maximum Gasteiger partial charge on any atom is 0.271 e. The number of nitrogens with one attached hydrogen (secondary N) is 2. The van der Waals surface area contributed by atoms with Gasteiger partial charge in [0.15, 0.2) is 0 Å². The Hall–Kier alpha value is -3.32. The van der Waals surface area contributed by atoms with E-state index in [1.807, 2.05) is 12.1 Å². The Bertz CT molecular complexity index is 990. The van der Waals surface area contributed by atoms with Crippen molar-refractivity contribution in [1.82, 2.24) is 10.4 Å². The first-order chi connectivity index (χ1) is 13.1. The average molecular weight is 423 g/mol. The molecule has 0 radical (unpaired) electrons. The fraction of sp³-hybridized carbons (Fsp3) is 0. The van der Waals surface area contributed by atoms with Crippen molar-refractivity contribution in [3.05, 3.63) is 94.2 Å². The van der Waals surface area contributed by atoms with E-state index in [-0.39, 0.29) is 11.8 Å². The molecule has 2 amide bonds. The number of carbonyl (C=O) groups is 2. The first-order valence-electron chi connectivity index (χ1n) is 8.02. The molecular weight excluding hydrogens is 408 g/mol. The molecule has 0 saturated carbocycles. The highest BCUT2D eigenvalue weighted by Gasteiger charge is 2.09. The lowest BCUT2D eigenvalue weighted by atomic mass is 10.1. The van der Waals surface area contributed by atoms with Crippen LogP contribution in [-0.2, 0) is 0 Å². The summed E-state index contributed by atoms with van der Waals surface area (Å²) in [6.45, 7) is 0. The Labute approximate surface area is 164 Å². The third-order valence-corrected chi connectivity index (χ3v) is 4.03. The molecule has 6 nitrogen and oxygen atoms in total. The number of hydrazone groups is 1. The summed E-state index contributed by atoms with van der Waals surface area (Å²) >= 11 is 3.34. The maximum atomic E-state index is 12.3. The van der Waals surface area contributed by atoms with E-state index in [0.717, 1.165) is 10.0 Å². The zero-order chi connectivity index (χ0) is 19.1. The van der Waals surface area contributed by atoms with E-state index in [1.54, 1.807) is 60.9 Å². The van der Waals surface area contributed by atoms with Crippen molar-refractivity contribution >= 4 is 39.6 Å². The molecule has 27 heavy (non-hydrogen) atoms. The van der Waals surface area contributed by atoms with Crippen molar-refractivity contribution < 1.29 is 9.59 Å². The smallest absolute Gasteiger partial charge is 0.271 e. The number of nitrogens with zero attached hydrogens (tertiary/aromatic N) is 2. The number of hydrogen-bond donors (Lipinski definition) is 2. The zero-order valence-electron chi connectivity index (χ0n) is 14.1. The summed E-state index contributed by atoms with van der Waals surface area (Å²) in [4.78, 5) is 28.5. The van der Waals surface area contributed by atoms with Gasteiger partial charge in [-0.3, -0.25) is 14.6 Å². The fourth-order valence-corrected chi connectivity index (χ4v) is 2.65. The van der Waals surface area contributed by atoms with Crippen LogP contribution in [-0.4, -0.2) is 23.0 Å². The molecule has 2 N–H and O–H groups in total. The van der Waals surface area contributed by atoms with Crippen molar-refractivity contribution in [2.75, 3.05) is 5.32 Å². The molecule has 134 valence electrons. The van der Waals surface area contributed by atoms with Crippen molar-refractivity contribution in [3.63, 3.8) is 0 Å². The molecule has 1 aromatic heterocycles. The minimum atomic E-state index is -0.381. The highest BCUT2D eigenvalue weighted by atomic mass is 79.9. The average Bonchev–Trinajstić information content (AvgIpc) is 2.69. The van der Waals surface area contributed by atoms with E-state index in [0.29, 0.717) is 16.8 Å². The SMILES string of the molecule is O=C(NN=Cc1cccnc1)c1cccc(NC(=O)c2cccc(Br)c2)c1. The van der Waals surface area contributed by atoms with Gasteiger partial charge in [-0.25, -0.2) is 5.43 Å². The molecule has 0 unspecified atom stereocenters. The van der Waals surface area contributed by atoms with Gasteiger partial charge >= 0.3 is 0 Å². The van der Waals surface area contributed by atoms with Gasteiger partial charge in [-0.05, 0) is 42.5 Å². The number of amides is 2. The highest BCUT2D eigenvalue weighted by molar-refractivity contribution is 9.10. The van der Waals surface area contributed by atoms with Crippen LogP contribution in [0.5, 0.6) is 0 Å². The molecule has 0 spiro atoms.